The van der Waals surface area contributed by atoms with E-state index in [1.54, 1.807) is 0 Å². The molecule has 0 unspecified atom stereocenters. The Hall–Kier alpha value is -1.63. The zero-order chi connectivity index (χ0) is 15.6. The monoisotopic (exact) mass is 348 g/mol. The molecule has 112 valence electrons. The number of methoxy groups -OCH3 is 1. The number of benzene rings is 2. The van der Waals surface area contributed by atoms with Gasteiger partial charge in [-0.15, -0.1) is 0 Å². The highest BCUT2D eigenvalue weighted by Gasteiger charge is 2.25. The minimum absolute atomic E-state index is 0.0445. The maximum absolute atomic E-state index is 12.3. The van der Waals surface area contributed by atoms with Crippen molar-refractivity contribution >= 4 is 33.3 Å². The zero-order valence-corrected chi connectivity index (χ0v) is 13.0. The Morgan fingerprint density at radius 1 is 1.14 bits per heavy atom. The van der Waals surface area contributed by atoms with Crippen LogP contribution in [0.4, 0.5) is 0 Å². The molecule has 0 heterocycles. The molecule has 8 heteroatoms. The molecule has 0 aliphatic rings. The molecule has 0 saturated heterocycles. The van der Waals surface area contributed by atoms with E-state index in [4.69, 9.17) is 32.1 Å². The molecule has 0 amide bonds. The quantitative estimate of drug-likeness (QED) is 0.856. The van der Waals surface area contributed by atoms with E-state index in [0.29, 0.717) is 0 Å². The second-order valence-electron chi connectivity index (χ2n) is 3.95. The number of ether oxygens (including phenoxy) is 1. The molecule has 0 aliphatic heterocycles. The van der Waals surface area contributed by atoms with Crippen molar-refractivity contribution in [3.8, 4) is 17.2 Å². The van der Waals surface area contributed by atoms with E-state index in [2.05, 4.69) is 0 Å². The van der Waals surface area contributed by atoms with Gasteiger partial charge in [-0.05, 0) is 24.3 Å². The predicted molar refractivity (Wildman–Crippen MR) is 78.9 cm³/mol. The molecule has 21 heavy (non-hydrogen) atoms. The second kappa shape index (κ2) is 6.01. The van der Waals surface area contributed by atoms with Crippen LogP contribution in [-0.4, -0.2) is 20.6 Å². The van der Waals surface area contributed by atoms with Gasteiger partial charge in [0.25, 0.3) is 0 Å². The van der Waals surface area contributed by atoms with Crippen LogP contribution in [-0.2, 0) is 10.1 Å². The molecule has 0 bridgehead atoms. The highest BCUT2D eigenvalue weighted by Crippen LogP contribution is 2.36. The molecule has 0 aliphatic carbocycles. The average molecular weight is 349 g/mol. The van der Waals surface area contributed by atoms with Gasteiger partial charge in [0, 0.05) is 11.1 Å². The van der Waals surface area contributed by atoms with Crippen molar-refractivity contribution in [1.29, 1.82) is 0 Å². The van der Waals surface area contributed by atoms with Gasteiger partial charge in [-0.2, -0.15) is 8.42 Å². The summed E-state index contributed by atoms with van der Waals surface area (Å²) in [6.07, 6.45) is 0. The molecule has 2 rings (SSSR count). The molecule has 0 radical (unpaired) electrons. The van der Waals surface area contributed by atoms with Gasteiger partial charge >= 0.3 is 10.1 Å². The van der Waals surface area contributed by atoms with Gasteiger partial charge in [0.15, 0.2) is 10.6 Å². The predicted octanol–water partition coefficient (Wildman–Crippen LogP) is 3.48. The topological polar surface area (TPSA) is 72.8 Å². The number of phenolic OH excluding ortho intramolecular Hbond substituents is 1. The summed E-state index contributed by atoms with van der Waals surface area (Å²) >= 11 is 11.7. The molecule has 1 N–H and O–H groups in total. The van der Waals surface area contributed by atoms with Crippen molar-refractivity contribution in [3.63, 3.8) is 0 Å². The van der Waals surface area contributed by atoms with Crippen LogP contribution in [0.1, 0.15) is 0 Å². The first-order valence-electron chi connectivity index (χ1n) is 5.60. The fourth-order valence-electron chi connectivity index (χ4n) is 1.63. The molecule has 2 aromatic rings. The lowest BCUT2D eigenvalue weighted by Gasteiger charge is -2.12. The van der Waals surface area contributed by atoms with Crippen molar-refractivity contribution in [2.75, 3.05) is 7.11 Å². The fraction of sp³-hybridized carbons (Fsp3) is 0.0769. The van der Waals surface area contributed by atoms with Crippen molar-refractivity contribution in [1.82, 2.24) is 0 Å². The molecule has 0 aromatic heterocycles. The highest BCUT2D eigenvalue weighted by atomic mass is 35.5. The minimum atomic E-state index is -4.22. The van der Waals surface area contributed by atoms with Crippen molar-refractivity contribution in [3.05, 3.63) is 46.4 Å². The summed E-state index contributed by atoms with van der Waals surface area (Å²) in [6, 6.07) is 7.91. The lowest BCUT2D eigenvalue weighted by Crippen LogP contribution is -2.11. The van der Waals surface area contributed by atoms with Gasteiger partial charge < -0.3 is 14.0 Å². The van der Waals surface area contributed by atoms with Crippen LogP contribution in [0.25, 0.3) is 0 Å². The Balaban J connectivity index is 2.49. The lowest BCUT2D eigenvalue weighted by atomic mass is 10.3. The summed E-state index contributed by atoms with van der Waals surface area (Å²) in [5.74, 6) is -0.242. The standard InChI is InChI=1S/C13H10Cl2O5S/c1-19-13-11(15)5-8(14)6-12(13)21(17,18)20-10-4-2-3-9(16)7-10/h2-7,16H,1H3. The van der Waals surface area contributed by atoms with Gasteiger partial charge in [-0.3, -0.25) is 0 Å². The maximum Gasteiger partial charge on any atom is 0.343 e. The van der Waals surface area contributed by atoms with Gasteiger partial charge in [-0.25, -0.2) is 0 Å². The van der Waals surface area contributed by atoms with Crippen molar-refractivity contribution in [2.24, 2.45) is 0 Å². The number of hydrogen-bond acceptors (Lipinski definition) is 5. The number of phenols is 1. The van der Waals surface area contributed by atoms with Gasteiger partial charge in [0.2, 0.25) is 0 Å². The normalized spacial score (nSPS) is 11.2. The first-order chi connectivity index (χ1) is 9.83. The molecular weight excluding hydrogens is 339 g/mol. The Bertz CT molecular complexity index is 774. The molecule has 5 nitrogen and oxygen atoms in total. The van der Waals surface area contributed by atoms with E-state index in [1.807, 2.05) is 0 Å². The van der Waals surface area contributed by atoms with Crippen molar-refractivity contribution in [2.45, 2.75) is 4.90 Å². The summed E-state index contributed by atoms with van der Waals surface area (Å²) in [5.41, 5.74) is 0. The number of halogens is 2. The number of rotatable bonds is 4. The summed E-state index contributed by atoms with van der Waals surface area (Å²) in [6.45, 7) is 0. The third kappa shape index (κ3) is 3.53. The highest BCUT2D eigenvalue weighted by molar-refractivity contribution is 7.87. The molecular formula is C13H10Cl2O5S. The summed E-state index contributed by atoms with van der Waals surface area (Å²) in [7, 11) is -2.94. The number of hydrogen-bond donors (Lipinski definition) is 1. The van der Waals surface area contributed by atoms with E-state index < -0.39 is 10.1 Å². The number of aromatic hydroxyl groups is 1. The SMILES string of the molecule is COc1c(Cl)cc(Cl)cc1S(=O)(=O)Oc1cccc(O)c1. The third-order valence-corrected chi connectivity index (χ3v) is 4.22. The summed E-state index contributed by atoms with van der Waals surface area (Å²) < 4.78 is 34.5. The van der Waals surface area contributed by atoms with Crippen LogP contribution < -0.4 is 8.92 Å². The van der Waals surface area contributed by atoms with Gasteiger partial charge in [-0.1, -0.05) is 29.3 Å². The minimum Gasteiger partial charge on any atom is -0.508 e. The van der Waals surface area contributed by atoms with Crippen LogP contribution >= 0.6 is 23.2 Å². The first-order valence-corrected chi connectivity index (χ1v) is 7.76. The van der Waals surface area contributed by atoms with Gasteiger partial charge in [0.1, 0.15) is 11.5 Å². The zero-order valence-electron chi connectivity index (χ0n) is 10.7. The first kappa shape index (κ1) is 15.8. The Morgan fingerprint density at radius 3 is 2.48 bits per heavy atom. The van der Waals surface area contributed by atoms with E-state index in [-0.39, 0.29) is 32.2 Å². The molecule has 0 fully saturated rings. The fourth-order valence-corrected chi connectivity index (χ4v) is 3.46. The van der Waals surface area contributed by atoms with Gasteiger partial charge in [0.05, 0.1) is 12.1 Å². The summed E-state index contributed by atoms with van der Waals surface area (Å²) in [4.78, 5) is -0.300. The Morgan fingerprint density at radius 2 is 1.86 bits per heavy atom. The maximum atomic E-state index is 12.3. The second-order valence-corrected chi connectivity index (χ2v) is 6.31. The van der Waals surface area contributed by atoms with Crippen LogP contribution in [0.15, 0.2) is 41.3 Å². The van der Waals surface area contributed by atoms with Crippen LogP contribution in [0.5, 0.6) is 17.2 Å². The van der Waals surface area contributed by atoms with E-state index in [0.717, 1.165) is 6.07 Å². The van der Waals surface area contributed by atoms with Crippen LogP contribution in [0, 0.1) is 0 Å². The Labute approximate surface area is 131 Å². The molecule has 0 saturated carbocycles. The van der Waals surface area contributed by atoms with E-state index in [9.17, 15) is 13.5 Å². The molecule has 0 atom stereocenters. The average Bonchev–Trinajstić information content (AvgIpc) is 2.37. The summed E-state index contributed by atoms with van der Waals surface area (Å²) in [5, 5.41) is 9.50. The Kier molecular flexibility index (Phi) is 4.51. The van der Waals surface area contributed by atoms with E-state index in [1.165, 1.54) is 37.4 Å². The van der Waals surface area contributed by atoms with Crippen LogP contribution in [0.3, 0.4) is 0 Å². The van der Waals surface area contributed by atoms with Crippen LogP contribution in [0.2, 0.25) is 10.0 Å². The van der Waals surface area contributed by atoms with Crippen molar-refractivity contribution < 1.29 is 22.4 Å². The lowest BCUT2D eigenvalue weighted by molar-refractivity contribution is 0.398. The van der Waals surface area contributed by atoms with E-state index >= 15 is 0 Å². The smallest absolute Gasteiger partial charge is 0.343 e. The largest absolute Gasteiger partial charge is 0.508 e. The molecule has 2 aromatic carbocycles. The third-order valence-electron chi connectivity index (χ3n) is 2.47. The molecule has 0 spiro atoms.